The van der Waals surface area contributed by atoms with Crippen molar-refractivity contribution < 1.29 is 101 Å². The molecule has 3 saturated heterocycles. The molecule has 14 unspecified atom stereocenters. The molecule has 466 valence electrons. The van der Waals surface area contributed by atoms with Crippen molar-refractivity contribution in [2.75, 3.05) is 20.1 Å². The summed E-state index contributed by atoms with van der Waals surface area (Å²) in [7, 11) is -3.83. The van der Waals surface area contributed by atoms with Gasteiger partial charge in [0.05, 0.1) is 30.8 Å². The van der Waals surface area contributed by atoms with E-state index >= 15 is 0 Å². The van der Waals surface area contributed by atoms with Gasteiger partial charge in [-0.2, -0.15) is 8.42 Å². The molecule has 4 rings (SSSR count). The van der Waals surface area contributed by atoms with Crippen LogP contribution in [0.15, 0.2) is 18.2 Å². The van der Waals surface area contributed by atoms with E-state index in [0.29, 0.717) is 28.7 Å². The maximum atomic E-state index is 14.5. The van der Waals surface area contributed by atoms with Gasteiger partial charge in [0.1, 0.15) is 54.6 Å². The van der Waals surface area contributed by atoms with Crippen LogP contribution in [0, 0.1) is 0 Å². The number of aliphatic hydroxyl groups is 8. The van der Waals surface area contributed by atoms with Crippen LogP contribution in [-0.2, 0) is 48.8 Å². The molecule has 0 aromatic heterocycles. The Hall–Kier alpha value is -5.87. The number of unbranched alkanes of at least 4 members (excludes halogenated alkanes) is 12. The molecule has 3 aliphatic rings. The zero-order valence-electron chi connectivity index (χ0n) is 46.4. The van der Waals surface area contributed by atoms with Crippen LogP contribution in [0.3, 0.4) is 0 Å². The summed E-state index contributed by atoms with van der Waals surface area (Å²) in [6.45, 7) is 2.03. The number of nitrogens with one attached hydrogen (secondary N) is 5. The minimum Gasteiger partial charge on any atom is -0.504 e. The second-order valence-corrected chi connectivity index (χ2v) is 21.7. The van der Waals surface area contributed by atoms with E-state index in [4.69, 9.17) is 5.73 Å². The Bertz CT molecular complexity index is 2410. The molecule has 0 aliphatic carbocycles. The number of aromatic hydroxyl groups is 1. The van der Waals surface area contributed by atoms with Crippen LogP contribution in [0.5, 0.6) is 11.5 Å². The van der Waals surface area contributed by atoms with E-state index in [1.54, 1.807) is 0 Å². The number of carbonyl (C=O) groups is 8. The number of aliphatic hydroxyl groups excluding tert-OH is 8. The van der Waals surface area contributed by atoms with Gasteiger partial charge in [-0.1, -0.05) is 90.0 Å². The summed E-state index contributed by atoms with van der Waals surface area (Å²) in [5.41, 5.74) is 9.23. The van der Waals surface area contributed by atoms with Crippen LogP contribution in [0.4, 0.5) is 0 Å². The largest absolute Gasteiger partial charge is 0.504 e. The van der Waals surface area contributed by atoms with Crippen molar-refractivity contribution in [1.82, 2.24) is 36.4 Å². The molecule has 14 atom stereocenters. The zero-order valence-corrected chi connectivity index (χ0v) is 47.2. The molecule has 0 spiro atoms. The van der Waals surface area contributed by atoms with Crippen molar-refractivity contribution >= 4 is 57.7 Å². The molecule has 1 aromatic carbocycles. The molecular formula is C51H85N9O21S. The predicted octanol–water partition coefficient (Wildman–Crippen LogP) is -4.30. The van der Waals surface area contributed by atoms with Gasteiger partial charge in [0.2, 0.25) is 47.3 Å². The van der Waals surface area contributed by atoms with Crippen molar-refractivity contribution in [2.24, 2.45) is 11.5 Å². The standard InChI is InChI=1S/C50H80N8O21S.CH5N/c1-3-4-5-6-7-8-9-10-11-12-13-14-15-16-37(66)52-29-23-34(64)46(71)56-48(73)41-32(62)19-20-57(41)50(75)39(33(63)24-36(51)65)54-47(72)40(43(68)42(67)27-17-18-31(61)35(21-27)79-80(76,77)78)55-45(70)30-22-28(60)25-58(30)49(74)38(26(2)59)53-44(29)69;1-2/h17-18,21,26,28-30,32-34,38-43,46,59-64,67-68,71H,3-16,19-20,22-25H2,1-2H3,(H2,51,65)(H,52,66)(H,53,69)(H,54,72)(H,55,70)(H,56,73)(H,76,77,78);2H2,1H3. The maximum absolute atomic E-state index is 14.5. The fraction of sp³-hybridized carbons (Fsp3) is 0.725. The quantitative estimate of drug-likeness (QED) is 0.0344. The van der Waals surface area contributed by atoms with Crippen LogP contribution in [-0.4, -0.2) is 215 Å². The van der Waals surface area contributed by atoms with Crippen molar-refractivity contribution in [3.05, 3.63) is 23.8 Å². The van der Waals surface area contributed by atoms with Crippen molar-refractivity contribution in [1.29, 1.82) is 0 Å². The fourth-order valence-electron chi connectivity index (χ4n) is 9.86. The number of nitrogens with zero attached hydrogens (tertiary/aromatic N) is 2. The van der Waals surface area contributed by atoms with E-state index in [-0.39, 0.29) is 12.8 Å². The number of nitrogens with two attached hydrogens (primary N) is 2. The van der Waals surface area contributed by atoms with Gasteiger partial charge >= 0.3 is 10.4 Å². The summed E-state index contributed by atoms with van der Waals surface area (Å²) in [5, 5.41) is 111. The Balaban J connectivity index is 0.00000872. The van der Waals surface area contributed by atoms with E-state index in [0.717, 1.165) is 51.2 Å². The number of primary amides is 1. The average Bonchev–Trinajstić information content (AvgIpc) is 4.24. The summed E-state index contributed by atoms with van der Waals surface area (Å²) >= 11 is 0. The molecule has 3 aliphatic heterocycles. The molecule has 1 aromatic rings. The Kier molecular flexibility index (Phi) is 29.2. The zero-order chi connectivity index (χ0) is 61.6. The number of fused-ring (bicyclic) bond motifs is 2. The van der Waals surface area contributed by atoms with Crippen LogP contribution < -0.4 is 42.2 Å². The molecule has 82 heavy (non-hydrogen) atoms. The van der Waals surface area contributed by atoms with Crippen LogP contribution in [0.1, 0.15) is 141 Å². The van der Waals surface area contributed by atoms with Crippen molar-refractivity contribution in [2.45, 2.75) is 215 Å². The highest BCUT2D eigenvalue weighted by Gasteiger charge is 2.49. The lowest BCUT2D eigenvalue weighted by Crippen LogP contribution is -2.64. The Morgan fingerprint density at radius 3 is 1.84 bits per heavy atom. The first-order chi connectivity index (χ1) is 38.6. The highest BCUT2D eigenvalue weighted by molar-refractivity contribution is 7.81. The lowest BCUT2D eigenvalue weighted by atomic mass is 9.96. The molecule has 0 saturated carbocycles. The van der Waals surface area contributed by atoms with E-state index < -0.39 is 192 Å². The van der Waals surface area contributed by atoms with Gasteiger partial charge in [-0.3, -0.25) is 42.9 Å². The predicted molar refractivity (Wildman–Crippen MR) is 288 cm³/mol. The smallest absolute Gasteiger partial charge is 0.446 e. The van der Waals surface area contributed by atoms with E-state index in [9.17, 15) is 97.3 Å². The summed E-state index contributed by atoms with van der Waals surface area (Å²) in [4.78, 5) is 113. The minimum atomic E-state index is -5.33. The number of hydrogen-bond acceptors (Lipinski definition) is 21. The number of carbonyl (C=O) groups excluding carboxylic acids is 8. The molecule has 30 nitrogen and oxygen atoms in total. The molecule has 8 amide bonds. The number of rotatable bonds is 24. The molecule has 0 bridgehead atoms. The number of phenolic OH excluding ortho intramolecular Hbond substituents is 1. The summed E-state index contributed by atoms with van der Waals surface area (Å²) < 4.78 is 36.5. The number of benzene rings is 1. The van der Waals surface area contributed by atoms with Gasteiger partial charge in [-0.05, 0) is 44.5 Å². The first-order valence-electron chi connectivity index (χ1n) is 27.6. The topological polar surface area (TPSA) is 501 Å². The minimum absolute atomic E-state index is 0.112. The van der Waals surface area contributed by atoms with Gasteiger partial charge in [-0.15, -0.1) is 0 Å². The lowest BCUT2D eigenvalue weighted by molar-refractivity contribution is -0.149. The van der Waals surface area contributed by atoms with Crippen LogP contribution in [0.2, 0.25) is 0 Å². The Morgan fingerprint density at radius 1 is 0.732 bits per heavy atom. The lowest BCUT2D eigenvalue weighted by Gasteiger charge is -2.34. The molecule has 19 N–H and O–H groups in total. The average molecular weight is 1190 g/mol. The fourth-order valence-corrected chi connectivity index (χ4v) is 10.2. The van der Waals surface area contributed by atoms with E-state index in [1.165, 1.54) is 45.6 Å². The summed E-state index contributed by atoms with van der Waals surface area (Å²) in [6.07, 6.45) is -6.70. The first kappa shape index (κ1) is 70.4. The van der Waals surface area contributed by atoms with Crippen molar-refractivity contribution in [3.63, 3.8) is 0 Å². The summed E-state index contributed by atoms with van der Waals surface area (Å²) in [5.74, 6) is -12.3. The van der Waals surface area contributed by atoms with Crippen LogP contribution in [0.25, 0.3) is 0 Å². The molecule has 0 radical (unpaired) electrons. The number of amides is 8. The molecular weight excluding hydrogens is 1110 g/mol. The highest BCUT2D eigenvalue weighted by atomic mass is 32.3. The second kappa shape index (κ2) is 34.0. The third kappa shape index (κ3) is 21.4. The normalized spacial score (nSPS) is 26.7. The molecule has 31 heteroatoms. The van der Waals surface area contributed by atoms with Gasteiger partial charge < -0.3 is 98.0 Å². The third-order valence-corrected chi connectivity index (χ3v) is 14.6. The highest BCUT2D eigenvalue weighted by Crippen LogP contribution is 2.32. The van der Waals surface area contributed by atoms with Crippen molar-refractivity contribution in [3.8, 4) is 11.5 Å². The SMILES string of the molecule is CCCCCCCCCCCCCCCC(=O)NC1CC(O)C(O)NC(=O)C2C(O)CCN2C(=O)C(C(O)CC(N)=O)NC(=O)C(C(O)C(O)c2ccc(O)c(OS(=O)(=O)O)c2)NC(=O)C2CC(O)CN2C(=O)C(C(C)O)NC1=O.CN. The van der Waals surface area contributed by atoms with Gasteiger partial charge in [-0.25, -0.2) is 0 Å². The van der Waals surface area contributed by atoms with Gasteiger partial charge in [0.15, 0.2) is 17.7 Å². The summed E-state index contributed by atoms with van der Waals surface area (Å²) in [6, 6.07) is -10.4. The molecule has 3 fully saturated rings. The Morgan fingerprint density at radius 2 is 1.28 bits per heavy atom. The number of phenols is 1. The van der Waals surface area contributed by atoms with E-state index in [2.05, 4.69) is 32.8 Å². The Labute approximate surface area is 475 Å². The van der Waals surface area contributed by atoms with Gasteiger partial charge in [0.25, 0.3) is 0 Å². The van der Waals surface area contributed by atoms with Crippen LogP contribution >= 0.6 is 0 Å². The first-order valence-corrected chi connectivity index (χ1v) is 28.9. The van der Waals surface area contributed by atoms with Gasteiger partial charge in [0, 0.05) is 32.4 Å². The van der Waals surface area contributed by atoms with E-state index in [1.807, 2.05) is 10.6 Å². The monoisotopic (exact) mass is 1190 g/mol. The third-order valence-electron chi connectivity index (χ3n) is 14.2. The maximum Gasteiger partial charge on any atom is 0.446 e. The number of hydrogen-bond donors (Lipinski definition) is 17. The second-order valence-electron chi connectivity index (χ2n) is 20.7. The molecule has 3 heterocycles.